The fraction of sp³-hybridized carbons (Fsp3) is 0.300. The highest BCUT2D eigenvalue weighted by molar-refractivity contribution is 7.99. The second kappa shape index (κ2) is 7.21. The molecule has 29 heavy (non-hydrogen) atoms. The summed E-state index contributed by atoms with van der Waals surface area (Å²) in [4.78, 5) is 11.0. The van der Waals surface area contributed by atoms with Crippen LogP contribution in [0.1, 0.15) is 24.7 Å². The van der Waals surface area contributed by atoms with Gasteiger partial charge in [-0.3, -0.25) is 0 Å². The van der Waals surface area contributed by atoms with Crippen molar-refractivity contribution in [1.29, 1.82) is 0 Å². The van der Waals surface area contributed by atoms with Gasteiger partial charge >= 0.3 is 6.61 Å². The second-order valence-corrected chi connectivity index (χ2v) is 8.25. The molecule has 150 valence electrons. The molecule has 0 amide bonds. The maximum absolute atomic E-state index is 12.4. The van der Waals surface area contributed by atoms with Crippen LogP contribution >= 0.6 is 11.8 Å². The molecule has 0 bridgehead atoms. The number of fused-ring (bicyclic) bond motifs is 2. The Bertz CT molecular complexity index is 1110. The van der Waals surface area contributed by atoms with Crippen LogP contribution in [0, 0.1) is 6.57 Å². The Balaban J connectivity index is 1.70. The number of imidazole rings is 1. The highest BCUT2D eigenvalue weighted by Crippen LogP contribution is 2.49. The third-order valence-electron chi connectivity index (χ3n) is 4.70. The molecule has 0 radical (unpaired) electrons. The van der Waals surface area contributed by atoms with E-state index in [-0.39, 0.29) is 5.75 Å². The van der Waals surface area contributed by atoms with Gasteiger partial charge in [0.15, 0.2) is 10.8 Å². The fourth-order valence-electron chi connectivity index (χ4n) is 3.24. The Morgan fingerprint density at radius 1 is 1.31 bits per heavy atom. The van der Waals surface area contributed by atoms with Gasteiger partial charge in [-0.15, -0.1) is 0 Å². The summed E-state index contributed by atoms with van der Waals surface area (Å²) in [5, 5.41) is 11.0. The van der Waals surface area contributed by atoms with Crippen LogP contribution in [-0.4, -0.2) is 33.4 Å². The van der Waals surface area contributed by atoms with E-state index >= 15 is 0 Å². The maximum atomic E-state index is 12.4. The number of hydrogen-bond acceptors (Lipinski definition) is 5. The summed E-state index contributed by atoms with van der Waals surface area (Å²) >= 11 is 1.29. The Labute approximate surface area is 169 Å². The van der Waals surface area contributed by atoms with Crippen molar-refractivity contribution in [3.05, 3.63) is 53.4 Å². The van der Waals surface area contributed by atoms with E-state index in [0.717, 1.165) is 0 Å². The van der Waals surface area contributed by atoms with E-state index < -0.39 is 23.6 Å². The van der Waals surface area contributed by atoms with E-state index in [1.165, 1.54) is 23.9 Å². The zero-order valence-electron chi connectivity index (χ0n) is 15.5. The molecule has 2 atom stereocenters. The molecule has 6 nitrogen and oxygen atoms in total. The smallest absolute Gasteiger partial charge is 0.387 e. The zero-order chi connectivity index (χ0) is 20.8. The Hall–Kier alpha value is -2.83. The molecule has 0 unspecified atom stereocenters. The van der Waals surface area contributed by atoms with Gasteiger partial charge in [-0.25, -0.2) is 9.83 Å². The van der Waals surface area contributed by atoms with Crippen molar-refractivity contribution in [2.24, 2.45) is 0 Å². The number of nitrogens with zero attached hydrogens (tertiary/aromatic N) is 2. The molecule has 0 aliphatic carbocycles. The summed E-state index contributed by atoms with van der Waals surface area (Å²) in [7, 11) is 0. The average molecular weight is 417 g/mol. The lowest BCUT2D eigenvalue weighted by Gasteiger charge is -2.41. The van der Waals surface area contributed by atoms with E-state index in [2.05, 4.69) is 19.5 Å². The monoisotopic (exact) mass is 417 g/mol. The van der Waals surface area contributed by atoms with Crippen molar-refractivity contribution in [2.45, 2.75) is 42.6 Å². The molecule has 0 saturated carbocycles. The third-order valence-corrected chi connectivity index (χ3v) is 5.88. The minimum Gasteiger partial charge on any atom is -0.485 e. The predicted octanol–water partition coefficient (Wildman–Crippen LogP) is 5.08. The van der Waals surface area contributed by atoms with Crippen molar-refractivity contribution in [2.75, 3.05) is 0 Å². The molecule has 0 fully saturated rings. The van der Waals surface area contributed by atoms with Gasteiger partial charge in [-0.2, -0.15) is 8.78 Å². The first-order valence-corrected chi connectivity index (χ1v) is 9.64. The summed E-state index contributed by atoms with van der Waals surface area (Å²) in [6.45, 7) is 7.93. The Kier molecular flexibility index (Phi) is 4.84. The Morgan fingerprint density at radius 2 is 2.10 bits per heavy atom. The molecular weight excluding hydrogens is 400 g/mol. The van der Waals surface area contributed by atoms with Crippen molar-refractivity contribution in [1.82, 2.24) is 9.97 Å². The lowest BCUT2D eigenvalue weighted by molar-refractivity contribution is -0.0497. The number of ether oxygens (including phenoxy) is 2. The molecule has 2 N–H and O–H groups in total. The lowest BCUT2D eigenvalue weighted by atomic mass is 9.90. The maximum Gasteiger partial charge on any atom is 0.387 e. The van der Waals surface area contributed by atoms with Crippen LogP contribution in [0.4, 0.5) is 14.5 Å². The number of benzene rings is 2. The summed E-state index contributed by atoms with van der Waals surface area (Å²) < 4.78 is 35.2. The molecule has 2 heterocycles. The number of H-pyrrole nitrogens is 1. The number of aliphatic hydroxyl groups is 1. The van der Waals surface area contributed by atoms with Crippen molar-refractivity contribution in [3.63, 3.8) is 0 Å². The van der Waals surface area contributed by atoms with E-state index in [9.17, 15) is 13.9 Å². The first kappa shape index (κ1) is 19.5. The number of aromatic nitrogens is 2. The summed E-state index contributed by atoms with van der Waals surface area (Å²) in [6, 6.07) is 9.58. The zero-order valence-corrected chi connectivity index (χ0v) is 16.3. The normalized spacial score (nSPS) is 20.2. The molecule has 1 aliphatic heterocycles. The topological polar surface area (TPSA) is 71.7 Å². The van der Waals surface area contributed by atoms with E-state index in [0.29, 0.717) is 33.2 Å². The molecule has 9 heteroatoms. The van der Waals surface area contributed by atoms with Crippen LogP contribution in [0.5, 0.6) is 11.5 Å². The van der Waals surface area contributed by atoms with Gasteiger partial charge in [-0.05, 0) is 38.1 Å². The third kappa shape index (κ3) is 3.73. The first-order chi connectivity index (χ1) is 13.8. The standard InChI is InChI=1S/C20H17F2N3O3S/c1-20(2)17(26)16(12-8-10(23-3)4-7-15(12)28-20)29-19-24-13-6-5-11(27-18(21)22)9-14(13)25-19/h4-9,16-18,26H,1-2H3,(H,24,25)/t16-,17+/m1/s1. The molecule has 1 aromatic heterocycles. The second-order valence-electron chi connectivity index (χ2n) is 7.12. The number of rotatable bonds is 4. The van der Waals surface area contributed by atoms with Gasteiger partial charge in [0.25, 0.3) is 0 Å². The quantitative estimate of drug-likeness (QED) is 0.579. The number of aromatic amines is 1. The average Bonchev–Trinajstić information content (AvgIpc) is 3.06. The molecule has 1 aliphatic rings. The highest BCUT2D eigenvalue weighted by atomic mass is 32.2. The molecule has 0 spiro atoms. The van der Waals surface area contributed by atoms with Crippen molar-refractivity contribution >= 4 is 28.5 Å². The van der Waals surface area contributed by atoms with Gasteiger partial charge in [0.1, 0.15) is 23.2 Å². The predicted molar refractivity (Wildman–Crippen MR) is 105 cm³/mol. The van der Waals surface area contributed by atoms with Gasteiger partial charge in [0, 0.05) is 11.6 Å². The van der Waals surface area contributed by atoms with Crippen LogP contribution < -0.4 is 9.47 Å². The molecule has 4 rings (SSSR count). The van der Waals surface area contributed by atoms with E-state index in [1.807, 2.05) is 0 Å². The number of thioether (sulfide) groups is 1. The van der Waals surface area contributed by atoms with Crippen LogP contribution in [-0.2, 0) is 0 Å². The molecular formula is C20H17F2N3O3S. The Morgan fingerprint density at radius 3 is 2.83 bits per heavy atom. The lowest BCUT2D eigenvalue weighted by Crippen LogP contribution is -2.47. The van der Waals surface area contributed by atoms with Gasteiger partial charge in [-0.1, -0.05) is 17.8 Å². The minimum absolute atomic E-state index is 0.0230. The highest BCUT2D eigenvalue weighted by Gasteiger charge is 2.43. The van der Waals surface area contributed by atoms with Crippen LogP contribution in [0.25, 0.3) is 15.9 Å². The fourth-order valence-corrected chi connectivity index (χ4v) is 4.57. The van der Waals surface area contributed by atoms with Crippen LogP contribution in [0.2, 0.25) is 0 Å². The minimum atomic E-state index is -2.91. The molecule has 3 aromatic rings. The number of aliphatic hydroxyl groups excluding tert-OH is 1. The number of halogens is 2. The van der Waals surface area contributed by atoms with Crippen molar-refractivity contribution in [3.8, 4) is 11.5 Å². The number of nitrogens with one attached hydrogen (secondary N) is 1. The summed E-state index contributed by atoms with van der Waals surface area (Å²) in [6.07, 6.45) is -0.869. The van der Waals surface area contributed by atoms with E-state index in [4.69, 9.17) is 11.3 Å². The first-order valence-electron chi connectivity index (χ1n) is 8.76. The van der Waals surface area contributed by atoms with Crippen LogP contribution in [0.15, 0.2) is 41.6 Å². The van der Waals surface area contributed by atoms with Crippen LogP contribution in [0.3, 0.4) is 0 Å². The van der Waals surface area contributed by atoms with Gasteiger partial charge in [0.05, 0.1) is 22.9 Å². The van der Waals surface area contributed by atoms with Crippen molar-refractivity contribution < 1.29 is 23.4 Å². The largest absolute Gasteiger partial charge is 0.485 e. The number of alkyl halides is 2. The molecule has 2 aromatic carbocycles. The summed E-state index contributed by atoms with van der Waals surface area (Å²) in [5.41, 5.74) is 1.45. The molecule has 0 saturated heterocycles. The SMILES string of the molecule is [C-]#[N+]c1ccc2c(c1)[C@@H](Sc1nc3cc(OC(F)F)ccc3[nH]1)[C@H](O)C(C)(C)O2. The number of hydrogen-bond donors (Lipinski definition) is 2. The van der Waals surface area contributed by atoms with E-state index in [1.54, 1.807) is 38.1 Å². The van der Waals surface area contributed by atoms with Gasteiger partial charge < -0.3 is 19.6 Å². The summed E-state index contributed by atoms with van der Waals surface area (Å²) in [5.74, 6) is 0.628. The van der Waals surface area contributed by atoms with Gasteiger partial charge in [0.2, 0.25) is 0 Å².